The Bertz CT molecular complexity index is 134. The Morgan fingerprint density at radius 3 is 0.950 bits per heavy atom. The third kappa shape index (κ3) is 20.5. The van der Waals surface area contributed by atoms with Crippen LogP contribution in [0.1, 0.15) is 110 Å². The van der Waals surface area contributed by atoms with Crippen molar-refractivity contribution in [2.24, 2.45) is 0 Å². The molecule has 3 N–H and O–H groups in total. The van der Waals surface area contributed by atoms with E-state index >= 15 is 0 Å². The molecule has 0 amide bonds. The van der Waals surface area contributed by atoms with Gasteiger partial charge in [0.25, 0.3) is 0 Å². The highest BCUT2D eigenvalue weighted by Crippen LogP contribution is 2.13. The van der Waals surface area contributed by atoms with Crippen molar-refractivity contribution in [1.29, 1.82) is 0 Å². The van der Waals surface area contributed by atoms with Crippen LogP contribution < -0.4 is 6.15 Å². The van der Waals surface area contributed by atoms with Gasteiger partial charge in [0.15, 0.2) is 0 Å². The zero-order valence-electron chi connectivity index (χ0n) is 14.7. The molecule has 0 aliphatic carbocycles. The first kappa shape index (κ1) is 22.5. The van der Waals surface area contributed by atoms with Gasteiger partial charge in [-0.2, -0.15) is 0 Å². The maximum Gasteiger partial charge on any atom is 0.00279 e. The Labute approximate surface area is 132 Å². The van der Waals surface area contributed by atoms with Gasteiger partial charge in [0.2, 0.25) is 0 Å². The standard InChI is InChI=1S/C18H40Si.H3N/c1-2-3-4-5-6-7-8-9-10-11-12-13-14-15-16-17-18-19;/h2-18H2,1,19H3;1H3. The van der Waals surface area contributed by atoms with E-state index in [4.69, 9.17) is 0 Å². The first-order valence-corrected chi connectivity index (χ1v) is 10.8. The first-order chi connectivity index (χ1) is 9.41. The largest absolute Gasteiger partial charge is 0.344 e. The quantitative estimate of drug-likeness (QED) is 0.267. The molecule has 124 valence electrons. The summed E-state index contributed by atoms with van der Waals surface area (Å²) in [6, 6.07) is 1.51. The summed E-state index contributed by atoms with van der Waals surface area (Å²) in [6.45, 7) is 2.30. The van der Waals surface area contributed by atoms with Gasteiger partial charge in [-0.1, -0.05) is 116 Å². The number of hydrogen-bond donors (Lipinski definition) is 1. The molecule has 0 atom stereocenters. The van der Waals surface area contributed by atoms with Crippen LogP contribution in [0.4, 0.5) is 0 Å². The average Bonchev–Trinajstić information content (AvgIpc) is 2.43. The SMILES string of the molecule is CCCCCCCCCCCCCCCCCC[SiH3].N. The summed E-state index contributed by atoms with van der Waals surface area (Å²) in [6.07, 6.45) is 23.7. The molecular weight excluding hydrogens is 258 g/mol. The highest BCUT2D eigenvalue weighted by molar-refractivity contribution is 6.08. The fourth-order valence-corrected chi connectivity index (χ4v) is 3.30. The Morgan fingerprint density at radius 1 is 0.450 bits per heavy atom. The topological polar surface area (TPSA) is 35.0 Å². The number of hydrogen-bond acceptors (Lipinski definition) is 1. The molecule has 0 radical (unpaired) electrons. The molecule has 0 heterocycles. The molecule has 0 fully saturated rings. The molecule has 0 rings (SSSR count). The lowest BCUT2D eigenvalue weighted by Crippen LogP contribution is -1.83. The third-order valence-corrected chi connectivity index (χ3v) is 4.91. The van der Waals surface area contributed by atoms with Gasteiger partial charge in [0.05, 0.1) is 0 Å². The van der Waals surface area contributed by atoms with E-state index in [1.165, 1.54) is 119 Å². The average molecular weight is 302 g/mol. The predicted octanol–water partition coefficient (Wildman–Crippen LogP) is 6.19. The van der Waals surface area contributed by atoms with E-state index in [0.717, 1.165) is 0 Å². The van der Waals surface area contributed by atoms with Crippen molar-refractivity contribution in [3.63, 3.8) is 0 Å². The molecule has 0 aliphatic rings. The zero-order chi connectivity index (χ0) is 14.0. The summed E-state index contributed by atoms with van der Waals surface area (Å²) >= 11 is 0. The van der Waals surface area contributed by atoms with Gasteiger partial charge in [0.1, 0.15) is 0 Å². The lowest BCUT2D eigenvalue weighted by molar-refractivity contribution is 0.531. The van der Waals surface area contributed by atoms with Crippen molar-refractivity contribution in [1.82, 2.24) is 6.15 Å². The molecule has 0 bridgehead atoms. The van der Waals surface area contributed by atoms with Crippen molar-refractivity contribution in [2.75, 3.05) is 0 Å². The Balaban J connectivity index is 0. The number of unbranched alkanes of at least 4 members (excludes halogenated alkanes) is 15. The maximum atomic E-state index is 2.30. The van der Waals surface area contributed by atoms with Crippen molar-refractivity contribution < 1.29 is 0 Å². The normalized spacial score (nSPS) is 10.7. The van der Waals surface area contributed by atoms with E-state index in [0.29, 0.717) is 0 Å². The molecule has 2 heteroatoms. The van der Waals surface area contributed by atoms with Crippen molar-refractivity contribution in [3.05, 3.63) is 0 Å². The second-order valence-electron chi connectivity index (χ2n) is 6.30. The molecule has 0 aliphatic heterocycles. The second-order valence-corrected chi connectivity index (χ2v) is 7.30. The zero-order valence-corrected chi connectivity index (χ0v) is 16.7. The van der Waals surface area contributed by atoms with Crippen LogP contribution in [0.5, 0.6) is 0 Å². The molecule has 0 aromatic heterocycles. The number of rotatable bonds is 16. The minimum absolute atomic E-state index is 0. The highest BCUT2D eigenvalue weighted by Gasteiger charge is 1.94. The Morgan fingerprint density at radius 2 is 0.700 bits per heavy atom. The molecule has 0 spiro atoms. The van der Waals surface area contributed by atoms with Crippen molar-refractivity contribution >= 4 is 10.2 Å². The van der Waals surface area contributed by atoms with Gasteiger partial charge in [-0.05, 0) is 0 Å². The van der Waals surface area contributed by atoms with Gasteiger partial charge in [0, 0.05) is 10.2 Å². The first-order valence-electron chi connectivity index (χ1n) is 9.41. The van der Waals surface area contributed by atoms with Crippen LogP contribution in [0.25, 0.3) is 0 Å². The molecule has 0 aromatic carbocycles. The van der Waals surface area contributed by atoms with Crippen LogP contribution in [0.3, 0.4) is 0 Å². The summed E-state index contributed by atoms with van der Waals surface area (Å²) in [5, 5.41) is 0. The molecular formula is C18H43NSi. The van der Waals surface area contributed by atoms with Crippen LogP contribution in [-0.4, -0.2) is 10.2 Å². The minimum atomic E-state index is 0. The van der Waals surface area contributed by atoms with E-state index < -0.39 is 0 Å². The maximum absolute atomic E-state index is 2.30. The van der Waals surface area contributed by atoms with E-state index in [-0.39, 0.29) is 6.15 Å². The monoisotopic (exact) mass is 301 g/mol. The second kappa shape index (κ2) is 21.5. The van der Waals surface area contributed by atoms with Crippen molar-refractivity contribution in [2.45, 2.75) is 116 Å². The molecule has 0 saturated carbocycles. The molecule has 0 aromatic rings. The third-order valence-electron chi connectivity index (χ3n) is 4.21. The lowest BCUT2D eigenvalue weighted by atomic mass is 10.0. The Kier molecular flexibility index (Phi) is 24.1. The van der Waals surface area contributed by atoms with E-state index in [1.807, 2.05) is 0 Å². The van der Waals surface area contributed by atoms with Crippen LogP contribution >= 0.6 is 0 Å². The summed E-state index contributed by atoms with van der Waals surface area (Å²) in [5.41, 5.74) is 0. The van der Waals surface area contributed by atoms with Gasteiger partial charge in [-0.3, -0.25) is 0 Å². The van der Waals surface area contributed by atoms with E-state index in [1.54, 1.807) is 0 Å². The fourth-order valence-electron chi connectivity index (χ4n) is 2.80. The van der Waals surface area contributed by atoms with Gasteiger partial charge in [-0.15, -0.1) is 0 Å². The van der Waals surface area contributed by atoms with Crippen LogP contribution in [0.15, 0.2) is 0 Å². The highest BCUT2D eigenvalue weighted by atomic mass is 28.1. The fraction of sp³-hybridized carbons (Fsp3) is 1.00. The lowest BCUT2D eigenvalue weighted by Gasteiger charge is -2.03. The molecule has 1 nitrogen and oxygen atoms in total. The van der Waals surface area contributed by atoms with E-state index in [2.05, 4.69) is 6.92 Å². The van der Waals surface area contributed by atoms with Gasteiger partial charge in [-0.25, -0.2) is 0 Å². The van der Waals surface area contributed by atoms with Crippen molar-refractivity contribution in [3.8, 4) is 0 Å². The smallest absolute Gasteiger partial charge is 0.00279 e. The summed E-state index contributed by atoms with van der Waals surface area (Å²) in [7, 11) is 1.41. The summed E-state index contributed by atoms with van der Waals surface area (Å²) in [5.74, 6) is 0. The predicted molar refractivity (Wildman–Crippen MR) is 99.3 cm³/mol. The van der Waals surface area contributed by atoms with E-state index in [9.17, 15) is 0 Å². The van der Waals surface area contributed by atoms with Crippen LogP contribution in [0.2, 0.25) is 6.04 Å². The summed E-state index contributed by atoms with van der Waals surface area (Å²) in [4.78, 5) is 0. The van der Waals surface area contributed by atoms with Gasteiger partial charge >= 0.3 is 0 Å². The van der Waals surface area contributed by atoms with Crippen LogP contribution in [-0.2, 0) is 0 Å². The van der Waals surface area contributed by atoms with Gasteiger partial charge < -0.3 is 6.15 Å². The van der Waals surface area contributed by atoms with Crippen LogP contribution in [0, 0.1) is 0 Å². The summed E-state index contributed by atoms with van der Waals surface area (Å²) < 4.78 is 0. The Hall–Kier alpha value is 0.177. The molecule has 0 saturated heterocycles. The molecule has 20 heavy (non-hydrogen) atoms. The minimum Gasteiger partial charge on any atom is -0.344 e. The molecule has 0 unspecified atom stereocenters.